The van der Waals surface area contributed by atoms with E-state index in [1.807, 2.05) is 93.6 Å². The topological polar surface area (TPSA) is 26.3 Å². The van der Waals surface area contributed by atoms with Gasteiger partial charge < -0.3 is 4.74 Å². The van der Waals surface area contributed by atoms with Gasteiger partial charge in [0.25, 0.3) is 0 Å². The van der Waals surface area contributed by atoms with Crippen LogP contribution in [0.25, 0.3) is 11.1 Å². The van der Waals surface area contributed by atoms with Gasteiger partial charge in [-0.2, -0.15) is 0 Å². The van der Waals surface area contributed by atoms with E-state index < -0.39 is 11.6 Å². The van der Waals surface area contributed by atoms with Crippen molar-refractivity contribution in [2.24, 2.45) is 0 Å². The molecule has 0 aliphatic carbocycles. The fourth-order valence-electron chi connectivity index (χ4n) is 3.91. The summed E-state index contributed by atoms with van der Waals surface area (Å²) in [5.74, 6) is -0.347. The van der Waals surface area contributed by atoms with Gasteiger partial charge in [0.15, 0.2) is 0 Å². The molecule has 0 saturated heterocycles. The first-order valence-corrected chi connectivity index (χ1v) is 13.7. The van der Waals surface area contributed by atoms with Gasteiger partial charge in [-0.3, -0.25) is 0 Å². The molecule has 0 saturated carbocycles. The molecule has 0 bridgehead atoms. The average Bonchev–Trinajstić information content (AvgIpc) is 2.83. The first-order valence-electron chi connectivity index (χ1n) is 10.9. The second kappa shape index (κ2) is 9.47. The Labute approximate surface area is 201 Å². The maximum absolute atomic E-state index is 13.3. The molecular formula is C29H27O2PS. The van der Waals surface area contributed by atoms with Crippen LogP contribution in [-0.2, 0) is 16.5 Å². The van der Waals surface area contributed by atoms with E-state index in [1.165, 1.54) is 0 Å². The number of carbonyl (C=O) groups is 1. The van der Waals surface area contributed by atoms with E-state index >= 15 is 0 Å². The van der Waals surface area contributed by atoms with E-state index in [4.69, 9.17) is 16.5 Å². The second-order valence-corrected chi connectivity index (χ2v) is 13.2. The molecule has 0 aliphatic heterocycles. The van der Waals surface area contributed by atoms with Crippen molar-refractivity contribution in [1.82, 2.24) is 0 Å². The number of esters is 1. The summed E-state index contributed by atoms with van der Waals surface area (Å²) >= 11 is 6.64. The SMILES string of the molecule is CC(C)(C)OC(=O)c1ccccc1[P@](=S)(c1ccccc1)c1ccccc1-c1ccccc1. The predicted molar refractivity (Wildman–Crippen MR) is 143 cm³/mol. The molecule has 0 aromatic heterocycles. The third kappa shape index (κ3) is 4.85. The molecule has 0 fully saturated rings. The number of hydrogen-bond acceptors (Lipinski definition) is 3. The monoisotopic (exact) mass is 470 g/mol. The fraction of sp³-hybridized carbons (Fsp3) is 0.138. The maximum Gasteiger partial charge on any atom is 0.339 e. The molecule has 4 aromatic carbocycles. The maximum atomic E-state index is 13.3. The summed E-state index contributed by atoms with van der Waals surface area (Å²) in [6.45, 7) is 5.64. The number of carbonyl (C=O) groups excluding carboxylic acids is 1. The van der Waals surface area contributed by atoms with Gasteiger partial charge in [-0.25, -0.2) is 4.79 Å². The van der Waals surface area contributed by atoms with Gasteiger partial charge >= 0.3 is 5.97 Å². The van der Waals surface area contributed by atoms with Crippen molar-refractivity contribution < 1.29 is 9.53 Å². The molecule has 2 nitrogen and oxygen atoms in total. The lowest BCUT2D eigenvalue weighted by molar-refractivity contribution is 0.00711. The molecule has 0 aliphatic rings. The first kappa shape index (κ1) is 23.2. The highest BCUT2D eigenvalue weighted by atomic mass is 32.4. The largest absolute Gasteiger partial charge is 0.456 e. The van der Waals surface area contributed by atoms with Crippen molar-refractivity contribution in [1.29, 1.82) is 0 Å². The minimum atomic E-state index is -2.60. The van der Waals surface area contributed by atoms with Crippen LogP contribution in [0.4, 0.5) is 0 Å². The lowest BCUT2D eigenvalue weighted by Crippen LogP contribution is -2.32. The Balaban J connectivity index is 2.02. The highest BCUT2D eigenvalue weighted by Gasteiger charge is 2.32. The number of rotatable bonds is 5. The minimum Gasteiger partial charge on any atom is -0.456 e. The van der Waals surface area contributed by atoms with Crippen LogP contribution in [0.15, 0.2) is 109 Å². The molecular weight excluding hydrogens is 443 g/mol. The van der Waals surface area contributed by atoms with Gasteiger partial charge in [0.1, 0.15) is 5.60 Å². The molecule has 0 radical (unpaired) electrons. The zero-order valence-corrected chi connectivity index (χ0v) is 20.8. The quantitative estimate of drug-likeness (QED) is 0.262. The fourth-order valence-corrected chi connectivity index (χ4v) is 8.28. The summed E-state index contributed by atoms with van der Waals surface area (Å²) in [7, 11) is 0. The van der Waals surface area contributed by atoms with Crippen molar-refractivity contribution in [2.45, 2.75) is 26.4 Å². The highest BCUT2D eigenvalue weighted by molar-refractivity contribution is 8.25. The molecule has 0 heterocycles. The van der Waals surface area contributed by atoms with Crippen LogP contribution < -0.4 is 15.9 Å². The van der Waals surface area contributed by atoms with E-state index in [0.29, 0.717) is 5.56 Å². The van der Waals surface area contributed by atoms with Crippen molar-refractivity contribution in [3.8, 4) is 11.1 Å². The van der Waals surface area contributed by atoms with Gasteiger partial charge in [0.2, 0.25) is 0 Å². The Kier molecular flexibility index (Phi) is 6.65. The van der Waals surface area contributed by atoms with Gasteiger partial charge in [-0.05, 0) is 43.3 Å². The molecule has 0 N–H and O–H groups in total. The third-order valence-electron chi connectivity index (χ3n) is 5.31. The normalized spacial score (nSPS) is 13.2. The summed E-state index contributed by atoms with van der Waals surface area (Å²) in [6.07, 6.45) is 0. The Morgan fingerprint density at radius 1 is 0.697 bits per heavy atom. The average molecular weight is 471 g/mol. The predicted octanol–water partition coefficient (Wildman–Crippen LogP) is 6.06. The Morgan fingerprint density at radius 2 is 1.21 bits per heavy atom. The standard InChI is InChI=1S/C29H27O2PS/c1-29(2,3)31-28(30)25-19-11-13-21-27(25)32(33,23-16-8-5-9-17-23)26-20-12-10-18-24(26)22-14-6-4-7-15-22/h4-21H,1-3H3/t32-/m0/s1. The molecule has 0 amide bonds. The van der Waals surface area contributed by atoms with Gasteiger partial charge in [0, 0.05) is 16.6 Å². The smallest absolute Gasteiger partial charge is 0.339 e. The van der Waals surface area contributed by atoms with E-state index in [-0.39, 0.29) is 5.97 Å². The van der Waals surface area contributed by atoms with Crippen LogP contribution in [0.1, 0.15) is 31.1 Å². The van der Waals surface area contributed by atoms with Crippen molar-refractivity contribution in [3.05, 3.63) is 115 Å². The van der Waals surface area contributed by atoms with Crippen molar-refractivity contribution in [3.63, 3.8) is 0 Å². The van der Waals surface area contributed by atoms with Crippen LogP contribution in [0, 0.1) is 0 Å². The lowest BCUT2D eigenvalue weighted by Gasteiger charge is -2.29. The number of ether oxygens (including phenoxy) is 1. The van der Waals surface area contributed by atoms with Crippen LogP contribution in [-0.4, -0.2) is 11.6 Å². The summed E-state index contributed by atoms with van der Waals surface area (Å²) in [6, 6.07) is 33.8. The summed E-state index contributed by atoms with van der Waals surface area (Å²) in [5, 5.41) is 2.96. The lowest BCUT2D eigenvalue weighted by atomic mass is 10.1. The van der Waals surface area contributed by atoms with E-state index in [9.17, 15) is 4.79 Å². The Morgan fingerprint density at radius 3 is 1.85 bits per heavy atom. The number of hydrogen-bond donors (Lipinski definition) is 0. The van der Waals surface area contributed by atoms with E-state index in [0.717, 1.165) is 27.0 Å². The van der Waals surface area contributed by atoms with E-state index in [2.05, 4.69) is 36.4 Å². The van der Waals surface area contributed by atoms with Crippen molar-refractivity contribution >= 4 is 39.7 Å². The summed E-state index contributed by atoms with van der Waals surface area (Å²) in [4.78, 5) is 13.3. The van der Waals surface area contributed by atoms with Gasteiger partial charge in [0.05, 0.1) is 5.56 Å². The van der Waals surface area contributed by atoms with Crippen molar-refractivity contribution in [2.75, 3.05) is 0 Å². The third-order valence-corrected chi connectivity index (χ3v) is 10.3. The van der Waals surface area contributed by atoms with Gasteiger partial charge in [-0.1, -0.05) is 115 Å². The Hall–Kier alpha value is -3.00. The molecule has 4 heteroatoms. The van der Waals surface area contributed by atoms with Crippen LogP contribution in [0.3, 0.4) is 0 Å². The molecule has 4 rings (SSSR count). The van der Waals surface area contributed by atoms with Crippen LogP contribution in [0.5, 0.6) is 0 Å². The van der Waals surface area contributed by atoms with Gasteiger partial charge in [-0.15, -0.1) is 0 Å². The number of benzene rings is 4. The second-order valence-electron chi connectivity index (χ2n) is 8.85. The molecule has 4 aromatic rings. The minimum absolute atomic E-state index is 0.347. The zero-order chi connectivity index (χ0) is 23.5. The molecule has 1 atom stereocenters. The molecule has 0 spiro atoms. The highest BCUT2D eigenvalue weighted by Crippen LogP contribution is 2.46. The summed E-state index contributed by atoms with van der Waals surface area (Å²) in [5.41, 5.74) is 2.13. The van der Waals surface area contributed by atoms with Crippen LogP contribution in [0.2, 0.25) is 0 Å². The molecule has 166 valence electrons. The first-order chi connectivity index (χ1) is 15.8. The molecule has 33 heavy (non-hydrogen) atoms. The summed E-state index contributed by atoms with van der Waals surface area (Å²) < 4.78 is 5.78. The molecule has 0 unspecified atom stereocenters. The van der Waals surface area contributed by atoms with E-state index in [1.54, 1.807) is 0 Å². The Bertz CT molecular complexity index is 1310. The zero-order valence-electron chi connectivity index (χ0n) is 19.1. The van der Waals surface area contributed by atoms with Crippen LogP contribution >= 0.6 is 6.04 Å².